The number of hydrogen-bond acceptors (Lipinski definition) is 3. The number of aliphatic hydroxyl groups excluding tert-OH is 1. The minimum absolute atomic E-state index is 0.170. The maximum atomic E-state index is 9.69. The van der Waals surface area contributed by atoms with Gasteiger partial charge in [0.25, 0.3) is 0 Å². The minimum atomic E-state index is 0.170. The Morgan fingerprint density at radius 3 is 2.62 bits per heavy atom. The summed E-state index contributed by atoms with van der Waals surface area (Å²) in [6, 6.07) is 8.35. The molecule has 1 heterocycles. The van der Waals surface area contributed by atoms with Crippen molar-refractivity contribution in [3.05, 3.63) is 47.5 Å². The topological polar surface area (TPSA) is 50.9 Å². The molecule has 114 valence electrons. The van der Waals surface area contributed by atoms with Crippen LogP contribution < -0.4 is 0 Å². The predicted octanol–water partition coefficient (Wildman–Crippen LogP) is 2.64. The maximum absolute atomic E-state index is 9.69. The molecule has 4 heteroatoms. The molecule has 21 heavy (non-hydrogen) atoms. The van der Waals surface area contributed by atoms with Crippen molar-refractivity contribution in [3.63, 3.8) is 0 Å². The molecule has 4 nitrogen and oxygen atoms in total. The van der Waals surface area contributed by atoms with E-state index in [2.05, 4.69) is 49.1 Å². The number of aromatic nitrogens is 3. The SMILES string of the molecule is Cc1ccccc1CC(CO)Cc1ncnn1CC(C)C. The fourth-order valence-electron chi connectivity index (χ4n) is 2.55. The van der Waals surface area contributed by atoms with Gasteiger partial charge in [0.1, 0.15) is 12.2 Å². The van der Waals surface area contributed by atoms with Gasteiger partial charge in [-0.1, -0.05) is 38.1 Å². The minimum Gasteiger partial charge on any atom is -0.396 e. The highest BCUT2D eigenvalue weighted by molar-refractivity contribution is 5.26. The molecule has 1 atom stereocenters. The second kappa shape index (κ2) is 7.36. The van der Waals surface area contributed by atoms with E-state index in [9.17, 15) is 5.11 Å². The molecule has 2 rings (SSSR count). The summed E-state index contributed by atoms with van der Waals surface area (Å²) in [5.41, 5.74) is 2.58. The summed E-state index contributed by atoms with van der Waals surface area (Å²) in [5.74, 6) is 1.69. The Hall–Kier alpha value is -1.68. The van der Waals surface area contributed by atoms with Gasteiger partial charge >= 0.3 is 0 Å². The summed E-state index contributed by atoms with van der Waals surface area (Å²) in [6.07, 6.45) is 3.25. The highest BCUT2D eigenvalue weighted by Gasteiger charge is 2.15. The largest absolute Gasteiger partial charge is 0.396 e. The van der Waals surface area contributed by atoms with Gasteiger partial charge in [-0.25, -0.2) is 9.67 Å². The number of rotatable bonds is 7. The monoisotopic (exact) mass is 287 g/mol. The number of nitrogens with zero attached hydrogens (tertiary/aromatic N) is 3. The Balaban J connectivity index is 2.06. The molecule has 0 fully saturated rings. The fourth-order valence-corrected chi connectivity index (χ4v) is 2.55. The zero-order valence-electron chi connectivity index (χ0n) is 13.2. The normalized spacial score (nSPS) is 12.8. The van der Waals surface area contributed by atoms with Gasteiger partial charge in [-0.15, -0.1) is 0 Å². The lowest BCUT2D eigenvalue weighted by Gasteiger charge is -2.16. The first-order valence-electron chi connectivity index (χ1n) is 7.62. The smallest absolute Gasteiger partial charge is 0.138 e. The first-order chi connectivity index (χ1) is 10.1. The molecule has 1 aromatic heterocycles. The maximum Gasteiger partial charge on any atom is 0.138 e. The average molecular weight is 287 g/mol. The second-order valence-electron chi connectivity index (χ2n) is 6.14. The summed E-state index contributed by atoms with van der Waals surface area (Å²) in [6.45, 7) is 7.50. The van der Waals surface area contributed by atoms with Gasteiger partial charge in [0.05, 0.1) is 0 Å². The van der Waals surface area contributed by atoms with E-state index in [0.717, 1.165) is 25.2 Å². The molecule has 0 aliphatic heterocycles. The molecule has 2 aromatic rings. The zero-order chi connectivity index (χ0) is 15.2. The van der Waals surface area contributed by atoms with E-state index in [1.165, 1.54) is 11.1 Å². The molecule has 0 amide bonds. The second-order valence-corrected chi connectivity index (χ2v) is 6.14. The van der Waals surface area contributed by atoms with E-state index in [1.54, 1.807) is 6.33 Å². The van der Waals surface area contributed by atoms with E-state index in [-0.39, 0.29) is 12.5 Å². The van der Waals surface area contributed by atoms with E-state index < -0.39 is 0 Å². The molecule has 1 unspecified atom stereocenters. The van der Waals surface area contributed by atoms with Crippen LogP contribution in [0.5, 0.6) is 0 Å². The van der Waals surface area contributed by atoms with E-state index in [1.807, 2.05) is 10.7 Å². The van der Waals surface area contributed by atoms with Crippen LogP contribution in [0.2, 0.25) is 0 Å². The highest BCUT2D eigenvalue weighted by Crippen LogP contribution is 2.16. The Morgan fingerprint density at radius 2 is 1.95 bits per heavy atom. The number of aliphatic hydroxyl groups is 1. The van der Waals surface area contributed by atoms with Crippen molar-refractivity contribution in [2.24, 2.45) is 11.8 Å². The molecule has 0 saturated carbocycles. The van der Waals surface area contributed by atoms with Crippen LogP contribution in [0.1, 0.15) is 30.8 Å². The zero-order valence-corrected chi connectivity index (χ0v) is 13.2. The number of hydrogen-bond donors (Lipinski definition) is 1. The van der Waals surface area contributed by atoms with Gasteiger partial charge in [-0.2, -0.15) is 5.10 Å². The quantitative estimate of drug-likeness (QED) is 0.851. The van der Waals surface area contributed by atoms with Crippen LogP contribution in [0.3, 0.4) is 0 Å². The molecule has 0 aliphatic rings. The molecular weight excluding hydrogens is 262 g/mol. The molecule has 0 saturated heterocycles. The molecular formula is C17H25N3O. The Labute approximate surface area is 126 Å². The Bertz CT molecular complexity index is 563. The van der Waals surface area contributed by atoms with Crippen LogP contribution in [0.15, 0.2) is 30.6 Å². The molecule has 1 aromatic carbocycles. The summed E-state index contributed by atoms with van der Waals surface area (Å²) < 4.78 is 1.96. The van der Waals surface area contributed by atoms with Crippen molar-refractivity contribution in [2.75, 3.05) is 6.61 Å². The van der Waals surface area contributed by atoms with Crippen molar-refractivity contribution in [3.8, 4) is 0 Å². The van der Waals surface area contributed by atoms with Crippen LogP contribution in [-0.2, 0) is 19.4 Å². The van der Waals surface area contributed by atoms with E-state index in [0.29, 0.717) is 5.92 Å². The van der Waals surface area contributed by atoms with Crippen LogP contribution in [0.25, 0.3) is 0 Å². The number of benzene rings is 1. The molecule has 1 N–H and O–H groups in total. The molecule has 0 bridgehead atoms. The third-order valence-electron chi connectivity index (χ3n) is 3.73. The average Bonchev–Trinajstić information content (AvgIpc) is 2.86. The van der Waals surface area contributed by atoms with Gasteiger partial charge in [0.15, 0.2) is 0 Å². The lowest BCUT2D eigenvalue weighted by molar-refractivity contribution is 0.221. The first-order valence-corrected chi connectivity index (χ1v) is 7.62. The summed E-state index contributed by atoms with van der Waals surface area (Å²) in [7, 11) is 0. The summed E-state index contributed by atoms with van der Waals surface area (Å²) in [4.78, 5) is 4.36. The van der Waals surface area contributed by atoms with Crippen molar-refractivity contribution in [1.82, 2.24) is 14.8 Å². The molecule has 0 radical (unpaired) electrons. The lowest BCUT2D eigenvalue weighted by atomic mass is 9.94. The number of aryl methyl sites for hydroxylation is 1. The van der Waals surface area contributed by atoms with Crippen LogP contribution in [-0.4, -0.2) is 26.5 Å². The summed E-state index contributed by atoms with van der Waals surface area (Å²) >= 11 is 0. The highest BCUT2D eigenvalue weighted by atomic mass is 16.3. The van der Waals surface area contributed by atoms with Crippen LogP contribution in [0, 0.1) is 18.8 Å². The van der Waals surface area contributed by atoms with E-state index in [4.69, 9.17) is 0 Å². The van der Waals surface area contributed by atoms with Gasteiger partial charge < -0.3 is 5.11 Å². The lowest BCUT2D eigenvalue weighted by Crippen LogP contribution is -2.18. The molecule has 0 spiro atoms. The predicted molar refractivity (Wildman–Crippen MR) is 84.0 cm³/mol. The van der Waals surface area contributed by atoms with Crippen LogP contribution >= 0.6 is 0 Å². The summed E-state index contributed by atoms with van der Waals surface area (Å²) in [5, 5.41) is 14.0. The van der Waals surface area contributed by atoms with Crippen molar-refractivity contribution >= 4 is 0 Å². The van der Waals surface area contributed by atoms with Gasteiger partial charge in [-0.05, 0) is 36.3 Å². The standard InChI is InChI=1S/C17H25N3O/c1-13(2)10-20-17(18-12-19-20)9-15(11-21)8-16-7-5-4-6-14(16)3/h4-7,12-13,15,21H,8-11H2,1-3H3. The van der Waals surface area contributed by atoms with Gasteiger partial charge in [0, 0.05) is 19.6 Å². The Kier molecular flexibility index (Phi) is 5.51. The Morgan fingerprint density at radius 1 is 1.19 bits per heavy atom. The van der Waals surface area contributed by atoms with Crippen molar-refractivity contribution < 1.29 is 5.11 Å². The third-order valence-corrected chi connectivity index (χ3v) is 3.73. The fraction of sp³-hybridized carbons (Fsp3) is 0.529. The van der Waals surface area contributed by atoms with Crippen LogP contribution in [0.4, 0.5) is 0 Å². The third kappa shape index (κ3) is 4.39. The van der Waals surface area contributed by atoms with Gasteiger partial charge in [-0.3, -0.25) is 0 Å². The van der Waals surface area contributed by atoms with Gasteiger partial charge in [0.2, 0.25) is 0 Å². The van der Waals surface area contributed by atoms with E-state index >= 15 is 0 Å². The first kappa shape index (κ1) is 15.7. The van der Waals surface area contributed by atoms with Crippen molar-refractivity contribution in [2.45, 2.75) is 40.2 Å². The molecule has 0 aliphatic carbocycles. The van der Waals surface area contributed by atoms with Crippen molar-refractivity contribution in [1.29, 1.82) is 0 Å².